The van der Waals surface area contributed by atoms with Gasteiger partial charge in [0.1, 0.15) is 0 Å². The molecule has 1 amide bonds. The molecule has 2 aliphatic heterocycles. The number of carbonyl (C=O) groups excluding carboxylic acids is 1. The van der Waals surface area contributed by atoms with Gasteiger partial charge in [-0.2, -0.15) is 0 Å². The fourth-order valence-electron chi connectivity index (χ4n) is 4.91. The van der Waals surface area contributed by atoms with Crippen molar-refractivity contribution in [3.05, 3.63) is 69.7 Å². The molecule has 1 N–H and O–H groups in total. The predicted octanol–water partition coefficient (Wildman–Crippen LogP) is 5.35. The number of nitrogens with zero attached hydrogens (tertiary/aromatic N) is 2. The van der Waals surface area contributed by atoms with E-state index in [0.717, 1.165) is 43.5 Å². The number of nitrogens with one attached hydrogen (secondary N) is 1. The van der Waals surface area contributed by atoms with Crippen LogP contribution < -0.4 is 5.32 Å². The third-order valence-electron chi connectivity index (χ3n) is 6.79. The SMILES string of the molecule is O=C(NCc1ccc(CN2CCCCCC2)cc1)C1CCCN(Cc2ccc(Br)cc2)C1. The fourth-order valence-corrected chi connectivity index (χ4v) is 5.17. The Bertz CT molecular complexity index is 844. The molecule has 5 heteroatoms. The number of likely N-dealkylation sites (tertiary alicyclic amines) is 2. The highest BCUT2D eigenvalue weighted by molar-refractivity contribution is 9.10. The van der Waals surface area contributed by atoms with Gasteiger partial charge in [0.25, 0.3) is 0 Å². The zero-order chi connectivity index (χ0) is 22.2. The van der Waals surface area contributed by atoms with Crippen molar-refractivity contribution in [2.75, 3.05) is 26.2 Å². The quantitative estimate of drug-likeness (QED) is 0.559. The lowest BCUT2D eigenvalue weighted by atomic mass is 9.96. The second-order valence-corrected chi connectivity index (χ2v) is 10.3. The summed E-state index contributed by atoms with van der Waals surface area (Å²) in [5.41, 5.74) is 3.85. The zero-order valence-electron chi connectivity index (χ0n) is 19.1. The van der Waals surface area contributed by atoms with Crippen LogP contribution in [-0.4, -0.2) is 41.9 Å². The van der Waals surface area contributed by atoms with Crippen LogP contribution in [0.4, 0.5) is 0 Å². The number of hydrogen-bond donors (Lipinski definition) is 1. The molecule has 2 aromatic carbocycles. The van der Waals surface area contributed by atoms with E-state index in [1.54, 1.807) is 0 Å². The number of benzene rings is 2. The number of halogens is 1. The minimum absolute atomic E-state index is 0.0847. The van der Waals surface area contributed by atoms with E-state index >= 15 is 0 Å². The van der Waals surface area contributed by atoms with Gasteiger partial charge in [0.15, 0.2) is 0 Å². The van der Waals surface area contributed by atoms with Crippen molar-refractivity contribution in [1.82, 2.24) is 15.1 Å². The van der Waals surface area contributed by atoms with E-state index < -0.39 is 0 Å². The molecule has 1 atom stereocenters. The molecule has 172 valence electrons. The maximum absolute atomic E-state index is 12.8. The van der Waals surface area contributed by atoms with Gasteiger partial charge in [-0.25, -0.2) is 0 Å². The molecule has 0 radical (unpaired) electrons. The fraction of sp³-hybridized carbons (Fsp3) is 0.519. The van der Waals surface area contributed by atoms with E-state index in [1.165, 1.54) is 55.5 Å². The smallest absolute Gasteiger partial charge is 0.224 e. The number of amides is 1. The van der Waals surface area contributed by atoms with E-state index in [9.17, 15) is 4.79 Å². The third kappa shape index (κ3) is 7.16. The van der Waals surface area contributed by atoms with Gasteiger partial charge in [-0.05, 0) is 74.1 Å². The Hall–Kier alpha value is -1.69. The molecule has 0 aliphatic carbocycles. The Balaban J connectivity index is 1.22. The van der Waals surface area contributed by atoms with Gasteiger partial charge in [0.2, 0.25) is 5.91 Å². The summed E-state index contributed by atoms with van der Waals surface area (Å²) in [6.45, 7) is 6.93. The van der Waals surface area contributed by atoms with Crippen LogP contribution in [0.5, 0.6) is 0 Å². The van der Waals surface area contributed by atoms with E-state index in [2.05, 4.69) is 79.6 Å². The Labute approximate surface area is 201 Å². The third-order valence-corrected chi connectivity index (χ3v) is 7.32. The Kier molecular flexibility index (Phi) is 8.77. The molecule has 2 heterocycles. The molecule has 4 rings (SSSR count). The van der Waals surface area contributed by atoms with Crippen LogP contribution in [0.1, 0.15) is 55.2 Å². The lowest BCUT2D eigenvalue weighted by Gasteiger charge is -2.32. The van der Waals surface area contributed by atoms with E-state index in [-0.39, 0.29) is 11.8 Å². The van der Waals surface area contributed by atoms with Gasteiger partial charge >= 0.3 is 0 Å². The van der Waals surface area contributed by atoms with Crippen molar-refractivity contribution in [2.45, 2.75) is 58.2 Å². The summed E-state index contributed by atoms with van der Waals surface area (Å²) in [6.07, 6.45) is 7.46. The highest BCUT2D eigenvalue weighted by Crippen LogP contribution is 2.20. The molecule has 0 spiro atoms. The summed E-state index contributed by atoms with van der Waals surface area (Å²) in [4.78, 5) is 17.8. The van der Waals surface area contributed by atoms with Crippen LogP contribution in [0.25, 0.3) is 0 Å². The average Bonchev–Trinajstić information content (AvgIpc) is 3.09. The summed E-state index contributed by atoms with van der Waals surface area (Å²) in [7, 11) is 0. The van der Waals surface area contributed by atoms with Crippen LogP contribution in [0.15, 0.2) is 53.0 Å². The largest absolute Gasteiger partial charge is 0.352 e. The number of piperidine rings is 1. The molecule has 2 aromatic rings. The maximum atomic E-state index is 12.8. The van der Waals surface area contributed by atoms with Gasteiger partial charge in [0.05, 0.1) is 5.92 Å². The first-order chi connectivity index (χ1) is 15.7. The minimum atomic E-state index is 0.0847. The molecule has 32 heavy (non-hydrogen) atoms. The second-order valence-electron chi connectivity index (χ2n) is 9.43. The average molecular weight is 499 g/mol. The van der Waals surface area contributed by atoms with E-state index in [1.807, 2.05) is 0 Å². The minimum Gasteiger partial charge on any atom is -0.352 e. The number of hydrogen-bond acceptors (Lipinski definition) is 3. The van der Waals surface area contributed by atoms with Crippen LogP contribution in [-0.2, 0) is 24.4 Å². The van der Waals surface area contributed by atoms with E-state index in [0.29, 0.717) is 6.54 Å². The molecule has 1 unspecified atom stereocenters. The van der Waals surface area contributed by atoms with Crippen molar-refractivity contribution in [3.8, 4) is 0 Å². The van der Waals surface area contributed by atoms with E-state index in [4.69, 9.17) is 0 Å². The predicted molar refractivity (Wildman–Crippen MR) is 134 cm³/mol. The van der Waals surface area contributed by atoms with Crippen molar-refractivity contribution in [2.24, 2.45) is 5.92 Å². The molecule has 0 saturated carbocycles. The molecule has 2 fully saturated rings. The summed E-state index contributed by atoms with van der Waals surface area (Å²) < 4.78 is 1.10. The van der Waals surface area contributed by atoms with Crippen LogP contribution in [0, 0.1) is 5.92 Å². The normalized spacial score (nSPS) is 20.6. The van der Waals surface area contributed by atoms with Crippen molar-refractivity contribution in [3.63, 3.8) is 0 Å². The standard InChI is InChI=1S/C27H36BrN3O/c28-26-13-11-24(12-14-26)20-31-17-5-6-25(21-31)27(32)29-18-22-7-9-23(10-8-22)19-30-15-3-1-2-4-16-30/h7-14,25H,1-6,15-21H2,(H,29,32). The molecular formula is C27H36BrN3O. The molecular weight excluding hydrogens is 462 g/mol. The first-order valence-electron chi connectivity index (χ1n) is 12.2. The van der Waals surface area contributed by atoms with Gasteiger partial charge in [0, 0.05) is 30.7 Å². The first kappa shape index (κ1) is 23.5. The molecule has 0 bridgehead atoms. The number of carbonyl (C=O) groups is 1. The highest BCUT2D eigenvalue weighted by Gasteiger charge is 2.25. The van der Waals surface area contributed by atoms with Gasteiger partial charge in [-0.15, -0.1) is 0 Å². The van der Waals surface area contributed by atoms with Crippen molar-refractivity contribution in [1.29, 1.82) is 0 Å². The summed E-state index contributed by atoms with van der Waals surface area (Å²) in [6, 6.07) is 17.3. The second kappa shape index (κ2) is 12.0. The van der Waals surface area contributed by atoms with Crippen LogP contribution >= 0.6 is 15.9 Å². The molecule has 2 saturated heterocycles. The highest BCUT2D eigenvalue weighted by atomic mass is 79.9. The van der Waals surface area contributed by atoms with Crippen LogP contribution in [0.3, 0.4) is 0 Å². The first-order valence-corrected chi connectivity index (χ1v) is 13.0. The Morgan fingerprint density at radius 2 is 1.34 bits per heavy atom. The van der Waals surface area contributed by atoms with Crippen molar-refractivity contribution < 1.29 is 4.79 Å². The summed E-state index contributed by atoms with van der Waals surface area (Å²) in [5, 5.41) is 3.19. The molecule has 4 nitrogen and oxygen atoms in total. The molecule has 2 aliphatic rings. The summed E-state index contributed by atoms with van der Waals surface area (Å²) in [5.74, 6) is 0.278. The topological polar surface area (TPSA) is 35.6 Å². The van der Waals surface area contributed by atoms with Crippen LogP contribution in [0.2, 0.25) is 0 Å². The lowest BCUT2D eigenvalue weighted by molar-refractivity contribution is -0.126. The summed E-state index contributed by atoms with van der Waals surface area (Å²) >= 11 is 3.50. The zero-order valence-corrected chi connectivity index (χ0v) is 20.7. The van der Waals surface area contributed by atoms with Gasteiger partial charge in [-0.1, -0.05) is 65.2 Å². The Morgan fingerprint density at radius 1 is 0.781 bits per heavy atom. The Morgan fingerprint density at radius 3 is 2.03 bits per heavy atom. The van der Waals surface area contributed by atoms with Crippen molar-refractivity contribution >= 4 is 21.8 Å². The monoisotopic (exact) mass is 497 g/mol. The maximum Gasteiger partial charge on any atom is 0.224 e. The molecule has 0 aromatic heterocycles. The lowest BCUT2D eigenvalue weighted by Crippen LogP contribution is -2.42. The van der Waals surface area contributed by atoms with Gasteiger partial charge < -0.3 is 5.32 Å². The van der Waals surface area contributed by atoms with Gasteiger partial charge in [-0.3, -0.25) is 14.6 Å². The number of rotatable bonds is 7.